The number of carbonyl (C=O) groups is 1. The van der Waals surface area contributed by atoms with Crippen LogP contribution in [0.5, 0.6) is 0 Å². The molecule has 0 bridgehead atoms. The molecule has 0 radical (unpaired) electrons. The molecule has 4 rings (SSSR count). The molecule has 0 fully saturated rings. The molecule has 0 aliphatic rings. The summed E-state index contributed by atoms with van der Waals surface area (Å²) in [7, 11) is 0. The van der Waals surface area contributed by atoms with Gasteiger partial charge in [0.2, 0.25) is 11.8 Å². The molecule has 1 N–H and O–H groups in total. The van der Waals surface area contributed by atoms with E-state index in [0.29, 0.717) is 5.89 Å². The van der Waals surface area contributed by atoms with Crippen molar-refractivity contribution in [3.8, 4) is 11.5 Å². The normalized spacial score (nSPS) is 10.9. The van der Waals surface area contributed by atoms with Crippen LogP contribution in [0.1, 0.15) is 16.7 Å². The summed E-state index contributed by atoms with van der Waals surface area (Å²) < 4.78 is 5.59. The number of nitrogens with zero attached hydrogens (tertiary/aromatic N) is 2. The van der Waals surface area contributed by atoms with Crippen molar-refractivity contribution in [2.75, 3.05) is 5.32 Å². The third-order valence-electron chi connectivity index (χ3n) is 4.60. The van der Waals surface area contributed by atoms with Crippen LogP contribution in [0.15, 0.2) is 65.1 Å². The molecule has 3 aromatic carbocycles. The van der Waals surface area contributed by atoms with E-state index in [4.69, 9.17) is 4.42 Å². The van der Waals surface area contributed by atoms with E-state index in [-0.39, 0.29) is 18.3 Å². The van der Waals surface area contributed by atoms with Crippen LogP contribution in [-0.4, -0.2) is 16.1 Å². The van der Waals surface area contributed by atoms with E-state index in [9.17, 15) is 4.79 Å². The lowest BCUT2D eigenvalue weighted by atomic mass is 10.1. The second-order valence-corrected chi connectivity index (χ2v) is 6.62. The van der Waals surface area contributed by atoms with Crippen LogP contribution in [0.3, 0.4) is 0 Å². The molecule has 5 nitrogen and oxygen atoms in total. The van der Waals surface area contributed by atoms with E-state index in [1.807, 2.05) is 74.5 Å². The second-order valence-electron chi connectivity index (χ2n) is 6.62. The van der Waals surface area contributed by atoms with Crippen molar-refractivity contribution in [3.05, 3.63) is 77.4 Å². The van der Waals surface area contributed by atoms with E-state index < -0.39 is 0 Å². The third-order valence-corrected chi connectivity index (χ3v) is 4.60. The molecule has 27 heavy (non-hydrogen) atoms. The van der Waals surface area contributed by atoms with Crippen LogP contribution in [0, 0.1) is 13.8 Å². The van der Waals surface area contributed by atoms with Gasteiger partial charge < -0.3 is 4.42 Å². The van der Waals surface area contributed by atoms with Gasteiger partial charge in [0.25, 0.3) is 0 Å². The van der Waals surface area contributed by atoms with Crippen LogP contribution in [0.4, 0.5) is 6.01 Å². The molecule has 0 spiro atoms. The van der Waals surface area contributed by atoms with Crippen molar-refractivity contribution >= 4 is 22.7 Å². The Bertz CT molecular complexity index is 1130. The van der Waals surface area contributed by atoms with Crippen LogP contribution < -0.4 is 5.32 Å². The summed E-state index contributed by atoms with van der Waals surface area (Å²) in [5, 5.41) is 12.9. The van der Waals surface area contributed by atoms with Crippen LogP contribution >= 0.6 is 0 Å². The van der Waals surface area contributed by atoms with Crippen molar-refractivity contribution in [1.82, 2.24) is 10.2 Å². The van der Waals surface area contributed by atoms with Gasteiger partial charge in [-0.05, 0) is 53.4 Å². The summed E-state index contributed by atoms with van der Waals surface area (Å²) in [5.41, 5.74) is 4.11. The van der Waals surface area contributed by atoms with E-state index >= 15 is 0 Å². The lowest BCUT2D eigenvalue weighted by Gasteiger charge is -2.04. The maximum absolute atomic E-state index is 12.3. The Hall–Kier alpha value is -3.47. The Labute approximate surface area is 157 Å². The fraction of sp³-hybridized carbons (Fsp3) is 0.136. The number of aromatic nitrogens is 2. The fourth-order valence-corrected chi connectivity index (χ4v) is 2.96. The van der Waals surface area contributed by atoms with E-state index in [1.54, 1.807) is 0 Å². The maximum Gasteiger partial charge on any atom is 0.322 e. The molecule has 1 heterocycles. The maximum atomic E-state index is 12.3. The van der Waals surface area contributed by atoms with Crippen molar-refractivity contribution in [3.63, 3.8) is 0 Å². The zero-order chi connectivity index (χ0) is 18.8. The molecule has 0 unspecified atom stereocenters. The Morgan fingerprint density at radius 2 is 1.74 bits per heavy atom. The highest BCUT2D eigenvalue weighted by Crippen LogP contribution is 2.22. The Kier molecular flexibility index (Phi) is 4.42. The van der Waals surface area contributed by atoms with Crippen LogP contribution in [0.2, 0.25) is 0 Å². The minimum absolute atomic E-state index is 0.106. The number of anilines is 1. The van der Waals surface area contributed by atoms with Crippen LogP contribution in [0.25, 0.3) is 22.2 Å². The number of hydrogen-bond acceptors (Lipinski definition) is 4. The molecule has 1 amide bonds. The van der Waals surface area contributed by atoms with Crippen molar-refractivity contribution in [2.45, 2.75) is 20.3 Å². The fourth-order valence-electron chi connectivity index (χ4n) is 2.96. The topological polar surface area (TPSA) is 68.0 Å². The molecule has 0 aliphatic heterocycles. The Balaban J connectivity index is 1.46. The number of hydrogen-bond donors (Lipinski definition) is 1. The molecule has 5 heteroatoms. The third kappa shape index (κ3) is 3.72. The first kappa shape index (κ1) is 17.0. The van der Waals surface area contributed by atoms with Crippen molar-refractivity contribution < 1.29 is 9.21 Å². The summed E-state index contributed by atoms with van der Waals surface area (Å²) in [6, 6.07) is 20.1. The van der Waals surface area contributed by atoms with Gasteiger partial charge in [-0.15, -0.1) is 5.10 Å². The van der Waals surface area contributed by atoms with Gasteiger partial charge in [-0.1, -0.05) is 53.6 Å². The van der Waals surface area contributed by atoms with E-state index in [2.05, 4.69) is 15.5 Å². The van der Waals surface area contributed by atoms with Crippen molar-refractivity contribution in [2.24, 2.45) is 0 Å². The van der Waals surface area contributed by atoms with Gasteiger partial charge in [-0.25, -0.2) is 0 Å². The van der Waals surface area contributed by atoms with Gasteiger partial charge in [0, 0.05) is 5.56 Å². The standard InChI is InChI=1S/C22H19N3O2/c1-14-7-9-19(11-15(14)2)21-24-25-22(27-21)23-20(26)13-16-8-10-17-5-3-4-6-18(17)12-16/h3-12H,13H2,1-2H3,(H,23,25,26). The van der Waals surface area contributed by atoms with Gasteiger partial charge in [0.05, 0.1) is 6.42 Å². The number of rotatable bonds is 4. The average molecular weight is 357 g/mol. The van der Waals surface area contributed by atoms with Crippen LogP contribution in [-0.2, 0) is 11.2 Å². The number of benzene rings is 3. The van der Waals surface area contributed by atoms with E-state index in [0.717, 1.165) is 27.5 Å². The lowest BCUT2D eigenvalue weighted by molar-refractivity contribution is -0.115. The monoisotopic (exact) mass is 357 g/mol. The summed E-state index contributed by atoms with van der Waals surface area (Å²) >= 11 is 0. The molecular formula is C22H19N3O2. The highest BCUT2D eigenvalue weighted by molar-refractivity contribution is 5.91. The van der Waals surface area contributed by atoms with Crippen molar-refractivity contribution in [1.29, 1.82) is 0 Å². The highest BCUT2D eigenvalue weighted by atomic mass is 16.4. The predicted molar refractivity (Wildman–Crippen MR) is 105 cm³/mol. The molecule has 0 atom stereocenters. The highest BCUT2D eigenvalue weighted by Gasteiger charge is 2.12. The number of nitrogens with one attached hydrogen (secondary N) is 1. The lowest BCUT2D eigenvalue weighted by Crippen LogP contribution is -2.14. The van der Waals surface area contributed by atoms with E-state index in [1.165, 1.54) is 5.56 Å². The smallest absolute Gasteiger partial charge is 0.322 e. The SMILES string of the molecule is Cc1ccc(-c2nnc(NC(=O)Cc3ccc4ccccc4c3)o2)cc1C. The molecule has 0 saturated carbocycles. The van der Waals surface area contributed by atoms with Gasteiger partial charge in [-0.3, -0.25) is 10.1 Å². The first-order valence-electron chi connectivity index (χ1n) is 8.77. The first-order chi connectivity index (χ1) is 13.1. The van der Waals surface area contributed by atoms with Gasteiger partial charge >= 0.3 is 6.01 Å². The minimum Gasteiger partial charge on any atom is -0.403 e. The number of carbonyl (C=O) groups excluding carboxylic acids is 1. The summed E-state index contributed by atoms with van der Waals surface area (Å²) in [6.07, 6.45) is 0.242. The van der Waals surface area contributed by atoms with Gasteiger partial charge in [-0.2, -0.15) is 0 Å². The van der Waals surface area contributed by atoms with Gasteiger partial charge in [0.1, 0.15) is 0 Å². The number of fused-ring (bicyclic) bond motifs is 1. The average Bonchev–Trinajstić information content (AvgIpc) is 3.12. The quantitative estimate of drug-likeness (QED) is 0.575. The Morgan fingerprint density at radius 3 is 2.56 bits per heavy atom. The molecule has 134 valence electrons. The molecule has 0 aliphatic carbocycles. The van der Waals surface area contributed by atoms with Gasteiger partial charge in [0.15, 0.2) is 0 Å². The summed E-state index contributed by atoms with van der Waals surface area (Å²) in [6.45, 7) is 4.08. The molecule has 1 aromatic heterocycles. The molecule has 0 saturated heterocycles. The molecular weight excluding hydrogens is 338 g/mol. The summed E-state index contributed by atoms with van der Waals surface area (Å²) in [5.74, 6) is 0.194. The largest absolute Gasteiger partial charge is 0.403 e. The summed E-state index contributed by atoms with van der Waals surface area (Å²) in [4.78, 5) is 12.3. The number of aryl methyl sites for hydroxylation is 2. The zero-order valence-electron chi connectivity index (χ0n) is 15.2. The Morgan fingerprint density at radius 1 is 0.926 bits per heavy atom. The predicted octanol–water partition coefficient (Wildman–Crippen LogP) is 4.69. The number of amides is 1. The zero-order valence-corrected chi connectivity index (χ0v) is 15.2. The second kappa shape index (κ2) is 7.03. The molecule has 4 aromatic rings. The first-order valence-corrected chi connectivity index (χ1v) is 8.77. The minimum atomic E-state index is -0.194.